The average Bonchev–Trinajstić information content (AvgIpc) is 2.62. The molecule has 1 atom stereocenters. The molecule has 1 aliphatic heterocycles. The Morgan fingerprint density at radius 2 is 2.12 bits per heavy atom. The van der Waals surface area contributed by atoms with Crippen molar-refractivity contribution in [2.24, 2.45) is 0 Å². The fraction of sp³-hybridized carbons (Fsp3) is 0.316. The Morgan fingerprint density at radius 3 is 2.96 bits per heavy atom. The molecule has 1 aliphatic rings. The van der Waals surface area contributed by atoms with Crippen LogP contribution in [0.2, 0.25) is 0 Å². The van der Waals surface area contributed by atoms with E-state index < -0.39 is 5.82 Å². The first-order valence-corrected chi connectivity index (χ1v) is 8.24. The monoisotopic (exact) mass is 344 g/mol. The number of ether oxygens (including phenoxy) is 2. The van der Waals surface area contributed by atoms with Crippen molar-refractivity contribution in [1.82, 2.24) is 5.32 Å². The van der Waals surface area contributed by atoms with Crippen LogP contribution in [0.5, 0.6) is 5.75 Å². The fourth-order valence-corrected chi connectivity index (χ4v) is 2.93. The minimum Gasteiger partial charge on any atom is -0.490 e. The van der Waals surface area contributed by atoms with Crippen LogP contribution in [-0.4, -0.2) is 26.4 Å². The number of halogens is 1. The number of urea groups is 1. The van der Waals surface area contributed by atoms with E-state index >= 15 is 0 Å². The average molecular weight is 344 g/mol. The van der Waals surface area contributed by atoms with Gasteiger partial charge in [-0.1, -0.05) is 30.3 Å². The second-order valence-corrected chi connectivity index (χ2v) is 5.85. The molecule has 2 N–H and O–H groups in total. The number of benzene rings is 2. The Hall–Kier alpha value is -2.60. The smallest absolute Gasteiger partial charge is 0.319 e. The van der Waals surface area contributed by atoms with Crippen LogP contribution in [0.1, 0.15) is 23.6 Å². The zero-order chi connectivity index (χ0) is 17.6. The van der Waals surface area contributed by atoms with Crippen LogP contribution in [0.4, 0.5) is 14.9 Å². The van der Waals surface area contributed by atoms with Crippen molar-refractivity contribution in [2.75, 3.05) is 25.6 Å². The number of carbonyl (C=O) groups excluding carboxylic acids is 1. The summed E-state index contributed by atoms with van der Waals surface area (Å²) in [5, 5.41) is 5.78. The zero-order valence-electron chi connectivity index (χ0n) is 14.0. The van der Waals surface area contributed by atoms with Crippen LogP contribution in [0.25, 0.3) is 0 Å². The van der Waals surface area contributed by atoms with Crippen molar-refractivity contribution in [3.63, 3.8) is 0 Å². The topological polar surface area (TPSA) is 59.6 Å². The van der Waals surface area contributed by atoms with Crippen molar-refractivity contribution in [2.45, 2.75) is 18.9 Å². The number of amides is 2. The Labute approximate surface area is 146 Å². The molecule has 0 spiro atoms. The standard InChI is InChI=1S/C19H21FN2O3/c1-24-11-9-13-5-2-3-8-16(13)21-19(23)22-17-10-12-25-18-14(17)6-4-7-15(18)20/h2-8,17H,9-12H2,1H3,(H2,21,22,23)/t17-/m0/s1. The summed E-state index contributed by atoms with van der Waals surface area (Å²) < 4.78 is 24.3. The van der Waals surface area contributed by atoms with Crippen LogP contribution >= 0.6 is 0 Å². The summed E-state index contributed by atoms with van der Waals surface area (Å²) in [7, 11) is 1.64. The van der Waals surface area contributed by atoms with Gasteiger partial charge < -0.3 is 20.1 Å². The van der Waals surface area contributed by atoms with Gasteiger partial charge in [0.15, 0.2) is 11.6 Å². The van der Waals surface area contributed by atoms with Crippen molar-refractivity contribution >= 4 is 11.7 Å². The Kier molecular flexibility index (Phi) is 5.50. The second kappa shape index (κ2) is 7.98. The highest BCUT2D eigenvalue weighted by Gasteiger charge is 2.25. The Bertz CT molecular complexity index is 751. The predicted molar refractivity (Wildman–Crippen MR) is 93.4 cm³/mol. The van der Waals surface area contributed by atoms with Gasteiger partial charge in [-0.25, -0.2) is 9.18 Å². The Morgan fingerprint density at radius 1 is 1.28 bits per heavy atom. The van der Waals surface area contributed by atoms with Gasteiger partial charge in [0.2, 0.25) is 0 Å². The molecule has 0 unspecified atom stereocenters. The van der Waals surface area contributed by atoms with Crippen LogP contribution in [0.15, 0.2) is 42.5 Å². The quantitative estimate of drug-likeness (QED) is 0.870. The van der Waals surface area contributed by atoms with Crippen LogP contribution in [0.3, 0.4) is 0 Å². The van der Waals surface area contributed by atoms with Gasteiger partial charge in [-0.05, 0) is 24.1 Å². The third-order valence-corrected chi connectivity index (χ3v) is 4.17. The van der Waals surface area contributed by atoms with Crippen molar-refractivity contribution in [1.29, 1.82) is 0 Å². The minimum atomic E-state index is -0.408. The maximum Gasteiger partial charge on any atom is 0.319 e. The van der Waals surface area contributed by atoms with Crippen molar-refractivity contribution < 1.29 is 18.7 Å². The lowest BCUT2D eigenvalue weighted by atomic mass is 10.0. The van der Waals surface area contributed by atoms with E-state index in [0.717, 1.165) is 11.3 Å². The number of nitrogens with one attached hydrogen (secondary N) is 2. The van der Waals surface area contributed by atoms with E-state index in [1.807, 2.05) is 24.3 Å². The predicted octanol–water partition coefficient (Wildman–Crippen LogP) is 3.66. The molecule has 0 saturated heterocycles. The highest BCUT2D eigenvalue weighted by atomic mass is 19.1. The highest BCUT2D eigenvalue weighted by Crippen LogP contribution is 2.34. The van der Waals surface area contributed by atoms with Crippen LogP contribution in [-0.2, 0) is 11.2 Å². The molecular weight excluding hydrogens is 323 g/mol. The molecule has 132 valence electrons. The SMILES string of the molecule is COCCc1ccccc1NC(=O)N[C@H]1CCOc2c(F)cccc21. The summed E-state index contributed by atoms with van der Waals surface area (Å²) in [5.74, 6) is -0.186. The normalized spacial score (nSPS) is 15.8. The molecule has 0 aromatic heterocycles. The third kappa shape index (κ3) is 4.09. The molecule has 3 rings (SSSR count). The number of anilines is 1. The number of rotatable bonds is 5. The van der Waals surface area contributed by atoms with E-state index in [-0.39, 0.29) is 17.8 Å². The number of methoxy groups -OCH3 is 1. The van der Waals surface area contributed by atoms with Gasteiger partial charge >= 0.3 is 6.03 Å². The zero-order valence-corrected chi connectivity index (χ0v) is 14.0. The molecule has 0 fully saturated rings. The van der Waals surface area contributed by atoms with E-state index in [0.29, 0.717) is 31.6 Å². The molecule has 0 aliphatic carbocycles. The maximum atomic E-state index is 13.8. The summed E-state index contributed by atoms with van der Waals surface area (Å²) in [6.07, 6.45) is 1.30. The lowest BCUT2D eigenvalue weighted by Gasteiger charge is -2.27. The van der Waals surface area contributed by atoms with Crippen LogP contribution in [0, 0.1) is 5.82 Å². The molecule has 0 radical (unpaired) electrons. The lowest BCUT2D eigenvalue weighted by molar-refractivity contribution is 0.202. The molecule has 6 heteroatoms. The molecule has 0 bridgehead atoms. The van der Waals surface area contributed by atoms with E-state index in [4.69, 9.17) is 9.47 Å². The van der Waals surface area contributed by atoms with E-state index in [1.54, 1.807) is 19.2 Å². The summed E-state index contributed by atoms with van der Waals surface area (Å²) >= 11 is 0. The van der Waals surface area contributed by atoms with Crippen LogP contribution < -0.4 is 15.4 Å². The number of fused-ring (bicyclic) bond motifs is 1. The molecule has 2 aromatic rings. The summed E-state index contributed by atoms with van der Waals surface area (Å²) in [5.41, 5.74) is 2.40. The maximum absolute atomic E-state index is 13.8. The van der Waals surface area contributed by atoms with E-state index in [2.05, 4.69) is 10.6 Å². The van der Waals surface area contributed by atoms with Gasteiger partial charge in [-0.2, -0.15) is 0 Å². The third-order valence-electron chi connectivity index (χ3n) is 4.17. The molecule has 25 heavy (non-hydrogen) atoms. The van der Waals surface area contributed by atoms with Gasteiger partial charge in [-0.3, -0.25) is 0 Å². The van der Waals surface area contributed by atoms with Gasteiger partial charge in [0.05, 0.1) is 19.3 Å². The molecule has 0 saturated carbocycles. The molecular formula is C19H21FN2O3. The second-order valence-electron chi connectivity index (χ2n) is 5.85. The molecule has 5 nitrogen and oxygen atoms in total. The summed E-state index contributed by atoms with van der Waals surface area (Å²) in [6, 6.07) is 11.7. The van der Waals surface area contributed by atoms with Gasteiger partial charge in [-0.15, -0.1) is 0 Å². The molecule has 2 amide bonds. The number of carbonyl (C=O) groups is 1. The largest absolute Gasteiger partial charge is 0.490 e. The summed E-state index contributed by atoms with van der Waals surface area (Å²) in [6.45, 7) is 0.941. The first-order valence-electron chi connectivity index (χ1n) is 8.24. The van der Waals surface area contributed by atoms with Gasteiger partial charge in [0.1, 0.15) is 0 Å². The van der Waals surface area contributed by atoms with Gasteiger partial charge in [0.25, 0.3) is 0 Å². The fourth-order valence-electron chi connectivity index (χ4n) is 2.93. The van der Waals surface area contributed by atoms with Gasteiger partial charge in [0, 0.05) is 24.8 Å². The molecule has 2 aromatic carbocycles. The minimum absolute atomic E-state index is 0.222. The van der Waals surface area contributed by atoms with Crippen molar-refractivity contribution in [3.8, 4) is 5.75 Å². The highest BCUT2D eigenvalue weighted by molar-refractivity contribution is 5.90. The lowest BCUT2D eigenvalue weighted by Crippen LogP contribution is -2.35. The van der Waals surface area contributed by atoms with Crippen molar-refractivity contribution in [3.05, 3.63) is 59.4 Å². The van der Waals surface area contributed by atoms with E-state index in [9.17, 15) is 9.18 Å². The number of hydrogen-bond donors (Lipinski definition) is 2. The molecule has 1 heterocycles. The number of para-hydroxylation sites is 2. The van der Waals surface area contributed by atoms with E-state index in [1.165, 1.54) is 6.07 Å². The number of hydrogen-bond acceptors (Lipinski definition) is 3. The Balaban J connectivity index is 1.70. The first-order chi connectivity index (χ1) is 12.2. The first kappa shape index (κ1) is 17.2. The summed E-state index contributed by atoms with van der Waals surface area (Å²) in [4.78, 5) is 12.4.